The van der Waals surface area contributed by atoms with E-state index in [-0.39, 0.29) is 17.6 Å². The Morgan fingerprint density at radius 3 is 2.44 bits per heavy atom. The van der Waals surface area contributed by atoms with Gasteiger partial charge in [0, 0.05) is 24.0 Å². The molecule has 0 aliphatic rings. The van der Waals surface area contributed by atoms with Crippen molar-refractivity contribution in [2.45, 2.75) is 6.92 Å². The van der Waals surface area contributed by atoms with Crippen LogP contribution in [0.4, 0.5) is 11.4 Å². The minimum absolute atomic E-state index is 0.153. The van der Waals surface area contributed by atoms with Crippen LogP contribution in [-0.2, 0) is 0 Å². The minimum atomic E-state index is -0.353. The van der Waals surface area contributed by atoms with Gasteiger partial charge in [-0.2, -0.15) is 0 Å². The first-order chi connectivity index (χ1) is 12.1. The molecule has 0 radical (unpaired) electrons. The van der Waals surface area contributed by atoms with E-state index in [1.165, 1.54) is 6.26 Å². The van der Waals surface area contributed by atoms with Crippen LogP contribution in [0.3, 0.4) is 0 Å². The lowest BCUT2D eigenvalue weighted by Gasteiger charge is -2.18. The third-order valence-corrected chi connectivity index (χ3v) is 3.93. The lowest BCUT2D eigenvalue weighted by molar-refractivity contribution is 0.0985. The highest BCUT2D eigenvalue weighted by atomic mass is 16.3. The topological polar surface area (TPSA) is 62.6 Å². The molecule has 126 valence electrons. The Labute approximate surface area is 145 Å². The number of carbonyl (C=O) groups excluding carboxylic acids is 2. The molecule has 3 aromatic rings. The fourth-order valence-corrected chi connectivity index (χ4v) is 2.44. The number of nitrogens with zero attached hydrogens (tertiary/aromatic N) is 1. The number of amides is 2. The largest absolute Gasteiger partial charge is 0.459 e. The maximum absolute atomic E-state index is 12.7. The molecule has 2 amide bonds. The number of carbonyl (C=O) groups is 2. The second kappa shape index (κ2) is 7.05. The van der Waals surface area contributed by atoms with Gasteiger partial charge in [-0.1, -0.05) is 24.3 Å². The van der Waals surface area contributed by atoms with E-state index < -0.39 is 0 Å². The Kier molecular flexibility index (Phi) is 4.66. The second-order valence-electron chi connectivity index (χ2n) is 5.66. The molecule has 1 N–H and O–H groups in total. The van der Waals surface area contributed by atoms with E-state index in [0.29, 0.717) is 11.3 Å². The molecule has 0 saturated carbocycles. The Morgan fingerprint density at radius 1 is 1.00 bits per heavy atom. The molecule has 0 saturated heterocycles. The summed E-state index contributed by atoms with van der Waals surface area (Å²) >= 11 is 0. The van der Waals surface area contributed by atoms with Gasteiger partial charge in [0.25, 0.3) is 11.8 Å². The van der Waals surface area contributed by atoms with Gasteiger partial charge < -0.3 is 14.6 Å². The maximum Gasteiger partial charge on any atom is 0.291 e. The Morgan fingerprint density at radius 2 is 1.76 bits per heavy atom. The molecule has 25 heavy (non-hydrogen) atoms. The quantitative estimate of drug-likeness (QED) is 0.781. The van der Waals surface area contributed by atoms with Crippen molar-refractivity contribution in [2.24, 2.45) is 0 Å². The van der Waals surface area contributed by atoms with Crippen LogP contribution in [0.5, 0.6) is 0 Å². The first kappa shape index (κ1) is 16.5. The summed E-state index contributed by atoms with van der Waals surface area (Å²) in [5.41, 5.74) is 2.73. The van der Waals surface area contributed by atoms with Gasteiger partial charge in [0.15, 0.2) is 5.76 Å². The number of nitrogens with one attached hydrogen (secondary N) is 1. The van der Waals surface area contributed by atoms with Crippen LogP contribution in [-0.4, -0.2) is 18.9 Å². The van der Waals surface area contributed by atoms with E-state index >= 15 is 0 Å². The fraction of sp³-hybridized carbons (Fsp3) is 0.100. The highest BCUT2D eigenvalue weighted by Crippen LogP contribution is 2.21. The van der Waals surface area contributed by atoms with Crippen LogP contribution in [0.25, 0.3) is 0 Å². The van der Waals surface area contributed by atoms with E-state index in [9.17, 15) is 9.59 Å². The van der Waals surface area contributed by atoms with Crippen molar-refractivity contribution in [3.8, 4) is 0 Å². The Hall–Kier alpha value is -3.34. The molecule has 1 aromatic heterocycles. The summed E-state index contributed by atoms with van der Waals surface area (Å²) in [4.78, 5) is 26.5. The van der Waals surface area contributed by atoms with Gasteiger partial charge in [0.05, 0.1) is 6.26 Å². The van der Waals surface area contributed by atoms with Crippen molar-refractivity contribution in [3.05, 3.63) is 83.8 Å². The number of benzene rings is 2. The highest BCUT2D eigenvalue weighted by molar-refractivity contribution is 6.08. The van der Waals surface area contributed by atoms with Crippen molar-refractivity contribution in [1.29, 1.82) is 0 Å². The van der Waals surface area contributed by atoms with E-state index in [2.05, 4.69) is 5.32 Å². The smallest absolute Gasteiger partial charge is 0.291 e. The summed E-state index contributed by atoms with van der Waals surface area (Å²) in [6.07, 6.45) is 1.44. The van der Waals surface area contributed by atoms with Gasteiger partial charge in [-0.05, 0) is 48.9 Å². The summed E-state index contributed by atoms with van der Waals surface area (Å²) in [7, 11) is 1.72. The van der Waals surface area contributed by atoms with Crippen molar-refractivity contribution in [3.63, 3.8) is 0 Å². The Balaban J connectivity index is 1.83. The van der Waals surface area contributed by atoms with Crippen LogP contribution in [0.2, 0.25) is 0 Å². The van der Waals surface area contributed by atoms with Crippen LogP contribution >= 0.6 is 0 Å². The normalized spacial score (nSPS) is 10.3. The zero-order valence-electron chi connectivity index (χ0n) is 14.0. The van der Waals surface area contributed by atoms with E-state index in [1.807, 2.05) is 43.3 Å². The SMILES string of the molecule is Cc1ccc(C(=O)N(C)c2ccccc2)cc1NC(=O)c1ccco1. The Bertz CT molecular complexity index is 887. The fourth-order valence-electron chi connectivity index (χ4n) is 2.44. The number of aryl methyl sites for hydroxylation is 1. The van der Waals surface area contributed by atoms with Crippen molar-refractivity contribution >= 4 is 23.2 Å². The van der Waals surface area contributed by atoms with Gasteiger partial charge in [0.2, 0.25) is 0 Å². The molecule has 5 heteroatoms. The minimum Gasteiger partial charge on any atom is -0.459 e. The number of hydrogen-bond acceptors (Lipinski definition) is 3. The highest BCUT2D eigenvalue weighted by Gasteiger charge is 2.16. The van der Waals surface area contributed by atoms with Crippen molar-refractivity contribution in [1.82, 2.24) is 0 Å². The third-order valence-electron chi connectivity index (χ3n) is 3.93. The van der Waals surface area contributed by atoms with Crippen LogP contribution in [0.1, 0.15) is 26.5 Å². The standard InChI is InChI=1S/C20H18N2O3/c1-14-10-11-15(20(24)22(2)16-7-4-3-5-8-16)13-17(14)21-19(23)18-9-6-12-25-18/h3-13H,1-2H3,(H,21,23). The van der Waals surface area contributed by atoms with Crippen LogP contribution < -0.4 is 10.2 Å². The van der Waals surface area contributed by atoms with E-state index in [4.69, 9.17) is 4.42 Å². The molecule has 0 bridgehead atoms. The van der Waals surface area contributed by atoms with Gasteiger partial charge in [-0.15, -0.1) is 0 Å². The molecule has 0 aliphatic carbocycles. The van der Waals surface area contributed by atoms with Gasteiger partial charge in [-0.25, -0.2) is 0 Å². The lowest BCUT2D eigenvalue weighted by atomic mass is 10.1. The average molecular weight is 334 g/mol. The molecule has 3 rings (SSSR count). The number of hydrogen-bond donors (Lipinski definition) is 1. The summed E-state index contributed by atoms with van der Waals surface area (Å²) < 4.78 is 5.09. The third kappa shape index (κ3) is 3.61. The molecule has 0 aliphatic heterocycles. The van der Waals surface area contributed by atoms with Crippen LogP contribution in [0.15, 0.2) is 71.3 Å². The summed E-state index contributed by atoms with van der Waals surface area (Å²) in [6.45, 7) is 1.87. The molecular weight excluding hydrogens is 316 g/mol. The first-order valence-corrected chi connectivity index (χ1v) is 7.85. The molecule has 1 heterocycles. The number of para-hydroxylation sites is 1. The zero-order chi connectivity index (χ0) is 17.8. The molecule has 0 fully saturated rings. The van der Waals surface area contributed by atoms with Gasteiger partial charge in [0.1, 0.15) is 0 Å². The van der Waals surface area contributed by atoms with Crippen molar-refractivity contribution < 1.29 is 14.0 Å². The predicted molar refractivity (Wildman–Crippen MR) is 97.0 cm³/mol. The lowest BCUT2D eigenvalue weighted by Crippen LogP contribution is -2.26. The number of furan rings is 1. The monoisotopic (exact) mass is 334 g/mol. The summed E-state index contributed by atoms with van der Waals surface area (Å²) in [5.74, 6) is -0.286. The van der Waals surface area contributed by atoms with Crippen molar-refractivity contribution in [2.75, 3.05) is 17.3 Å². The molecule has 0 spiro atoms. The summed E-state index contributed by atoms with van der Waals surface area (Å²) in [5, 5.41) is 2.78. The molecule has 0 unspecified atom stereocenters. The van der Waals surface area contributed by atoms with Gasteiger partial charge >= 0.3 is 0 Å². The average Bonchev–Trinajstić information content (AvgIpc) is 3.18. The molecule has 0 atom stereocenters. The molecule has 2 aromatic carbocycles. The van der Waals surface area contributed by atoms with E-state index in [0.717, 1.165) is 11.3 Å². The number of rotatable bonds is 4. The zero-order valence-corrected chi connectivity index (χ0v) is 14.0. The second-order valence-corrected chi connectivity index (χ2v) is 5.66. The summed E-state index contributed by atoms with van der Waals surface area (Å²) in [6, 6.07) is 17.9. The van der Waals surface area contributed by atoms with Crippen LogP contribution in [0, 0.1) is 6.92 Å². The molecule has 5 nitrogen and oxygen atoms in total. The van der Waals surface area contributed by atoms with E-state index in [1.54, 1.807) is 36.2 Å². The molecular formula is C20H18N2O3. The number of anilines is 2. The van der Waals surface area contributed by atoms with Gasteiger partial charge in [-0.3, -0.25) is 9.59 Å². The first-order valence-electron chi connectivity index (χ1n) is 7.85. The maximum atomic E-state index is 12.7. The predicted octanol–water partition coefficient (Wildman–Crippen LogP) is 4.12.